The summed E-state index contributed by atoms with van der Waals surface area (Å²) >= 11 is 0. The molecule has 0 N–H and O–H groups in total. The Morgan fingerprint density at radius 2 is 1.52 bits per heavy atom. The molecule has 3 aliphatic rings. The lowest BCUT2D eigenvalue weighted by Gasteiger charge is -2.35. The Kier molecular flexibility index (Phi) is 7.74. The van der Waals surface area contributed by atoms with Gasteiger partial charge >= 0.3 is 0 Å². The van der Waals surface area contributed by atoms with E-state index in [4.69, 9.17) is 0 Å². The quantitative estimate of drug-likeness (QED) is 0.631. The molecule has 0 spiro atoms. The largest absolute Gasteiger partial charge is 0.339 e. The Labute approximate surface area is 198 Å². The van der Waals surface area contributed by atoms with Crippen LogP contribution in [0.4, 0.5) is 0 Å². The summed E-state index contributed by atoms with van der Waals surface area (Å²) in [6.07, 6.45) is 10.4. The number of carbonyl (C=O) groups excluding carboxylic acids is 2. The maximum atomic E-state index is 13.2. The van der Waals surface area contributed by atoms with Gasteiger partial charge in [-0.15, -0.1) is 0 Å². The number of hydrogen-bond donors (Lipinski definition) is 0. The van der Waals surface area contributed by atoms with Crippen LogP contribution in [0, 0.1) is 5.92 Å². The molecule has 7 nitrogen and oxygen atoms in total. The Morgan fingerprint density at radius 3 is 2.18 bits per heavy atom. The van der Waals surface area contributed by atoms with E-state index in [1.165, 1.54) is 23.2 Å². The van der Waals surface area contributed by atoms with E-state index in [1.807, 2.05) is 4.90 Å². The lowest BCUT2D eigenvalue weighted by atomic mass is 9.96. The van der Waals surface area contributed by atoms with Crippen molar-refractivity contribution in [1.82, 2.24) is 14.1 Å². The molecule has 0 aromatic heterocycles. The normalized spacial score (nSPS) is 21.0. The number of amides is 2. The van der Waals surface area contributed by atoms with Crippen molar-refractivity contribution in [2.24, 2.45) is 5.92 Å². The van der Waals surface area contributed by atoms with Gasteiger partial charge < -0.3 is 9.80 Å². The summed E-state index contributed by atoms with van der Waals surface area (Å²) in [6, 6.07) is 6.44. The van der Waals surface area contributed by atoms with E-state index in [1.54, 1.807) is 30.1 Å². The molecule has 2 saturated carbocycles. The number of sulfonamides is 1. The fourth-order valence-electron chi connectivity index (χ4n) is 5.53. The Hall–Kier alpha value is -1.93. The summed E-state index contributed by atoms with van der Waals surface area (Å²) in [6.45, 7) is 2.04. The van der Waals surface area contributed by atoms with Crippen molar-refractivity contribution in [2.75, 3.05) is 33.2 Å². The lowest BCUT2D eigenvalue weighted by molar-refractivity contribution is -0.133. The van der Waals surface area contributed by atoms with Crippen molar-refractivity contribution < 1.29 is 18.0 Å². The number of hydrogen-bond acceptors (Lipinski definition) is 4. The maximum absolute atomic E-state index is 13.2. The summed E-state index contributed by atoms with van der Waals surface area (Å²) in [4.78, 5) is 29.5. The average Bonchev–Trinajstić information content (AvgIpc) is 3.37. The highest BCUT2D eigenvalue weighted by Crippen LogP contribution is 2.29. The van der Waals surface area contributed by atoms with Gasteiger partial charge in [-0.05, 0) is 49.8 Å². The fraction of sp³-hybridized carbons (Fsp3) is 0.680. The molecule has 3 fully saturated rings. The minimum absolute atomic E-state index is 0.0259. The van der Waals surface area contributed by atoms with Gasteiger partial charge in [-0.2, -0.15) is 4.31 Å². The van der Waals surface area contributed by atoms with Gasteiger partial charge in [0, 0.05) is 51.3 Å². The highest BCUT2D eigenvalue weighted by molar-refractivity contribution is 7.89. The molecular formula is C25H37N3O4S. The number of carbonyl (C=O) groups is 2. The van der Waals surface area contributed by atoms with Crippen LogP contribution in [0.5, 0.6) is 0 Å². The third-order valence-electron chi connectivity index (χ3n) is 7.70. The van der Waals surface area contributed by atoms with Crippen LogP contribution >= 0.6 is 0 Å². The smallest absolute Gasteiger partial charge is 0.254 e. The van der Waals surface area contributed by atoms with Crippen molar-refractivity contribution in [2.45, 2.75) is 75.1 Å². The topological polar surface area (TPSA) is 78.0 Å². The lowest BCUT2D eigenvalue weighted by Crippen LogP contribution is -2.50. The minimum Gasteiger partial charge on any atom is -0.339 e. The Bertz CT molecular complexity index is 944. The Balaban J connectivity index is 1.37. The van der Waals surface area contributed by atoms with Gasteiger partial charge in [0.25, 0.3) is 5.91 Å². The molecule has 0 unspecified atom stereocenters. The van der Waals surface area contributed by atoms with Crippen LogP contribution in [0.3, 0.4) is 0 Å². The first kappa shape index (κ1) is 24.2. The van der Waals surface area contributed by atoms with E-state index in [2.05, 4.69) is 0 Å². The van der Waals surface area contributed by atoms with E-state index < -0.39 is 10.0 Å². The van der Waals surface area contributed by atoms with E-state index in [0.717, 1.165) is 44.9 Å². The van der Waals surface area contributed by atoms with Crippen LogP contribution in [0.15, 0.2) is 29.2 Å². The Morgan fingerprint density at radius 1 is 0.909 bits per heavy atom. The number of rotatable bonds is 6. The molecule has 182 valence electrons. The minimum atomic E-state index is -3.65. The second-order valence-corrected chi connectivity index (χ2v) is 11.9. The molecule has 0 atom stereocenters. The number of nitrogens with zero attached hydrogens (tertiary/aromatic N) is 3. The summed E-state index contributed by atoms with van der Waals surface area (Å²) in [7, 11) is -1.99. The zero-order valence-corrected chi connectivity index (χ0v) is 20.6. The van der Waals surface area contributed by atoms with Crippen molar-refractivity contribution in [3.8, 4) is 0 Å². The second-order valence-electron chi connectivity index (χ2n) is 9.87. The molecule has 0 bridgehead atoms. The molecule has 1 aromatic carbocycles. The fourth-order valence-corrected chi connectivity index (χ4v) is 6.99. The molecule has 1 aliphatic heterocycles. The molecule has 1 heterocycles. The highest BCUT2D eigenvalue weighted by atomic mass is 32.2. The molecule has 1 aromatic rings. The SMILES string of the molecule is CN(C1CCCCC1)S(=O)(=O)c1cccc(C(=O)N2CCN(C(=O)CC3CCCC3)CC2)c1. The summed E-state index contributed by atoms with van der Waals surface area (Å²) in [5.74, 6) is 0.552. The van der Waals surface area contributed by atoms with E-state index >= 15 is 0 Å². The van der Waals surface area contributed by atoms with Crippen LogP contribution in [0.1, 0.15) is 74.6 Å². The van der Waals surface area contributed by atoms with Gasteiger partial charge in [-0.1, -0.05) is 38.2 Å². The average molecular weight is 476 g/mol. The van der Waals surface area contributed by atoms with Gasteiger partial charge in [-0.3, -0.25) is 9.59 Å². The van der Waals surface area contributed by atoms with Gasteiger partial charge in [0.1, 0.15) is 0 Å². The predicted octanol–water partition coefficient (Wildman–Crippen LogP) is 3.50. The number of piperazine rings is 1. The monoisotopic (exact) mass is 475 g/mol. The second kappa shape index (κ2) is 10.6. The molecule has 8 heteroatoms. The zero-order valence-electron chi connectivity index (χ0n) is 19.7. The van der Waals surface area contributed by atoms with Crippen molar-refractivity contribution in [1.29, 1.82) is 0 Å². The number of benzene rings is 1. The first-order chi connectivity index (χ1) is 15.9. The van der Waals surface area contributed by atoms with Crippen LogP contribution in [0.2, 0.25) is 0 Å². The first-order valence-corrected chi connectivity index (χ1v) is 14.0. The summed E-state index contributed by atoms with van der Waals surface area (Å²) in [5.41, 5.74) is 0.388. The molecule has 0 radical (unpaired) electrons. The van der Waals surface area contributed by atoms with Crippen molar-refractivity contribution in [3.63, 3.8) is 0 Å². The molecule has 2 aliphatic carbocycles. The molecule has 33 heavy (non-hydrogen) atoms. The first-order valence-electron chi connectivity index (χ1n) is 12.5. The van der Waals surface area contributed by atoms with E-state index in [-0.39, 0.29) is 22.8 Å². The van der Waals surface area contributed by atoms with Gasteiger partial charge in [-0.25, -0.2) is 8.42 Å². The van der Waals surface area contributed by atoms with Crippen molar-refractivity contribution in [3.05, 3.63) is 29.8 Å². The van der Waals surface area contributed by atoms with Gasteiger partial charge in [0.05, 0.1) is 4.90 Å². The van der Waals surface area contributed by atoms with Crippen LogP contribution in [0.25, 0.3) is 0 Å². The van der Waals surface area contributed by atoms with E-state index in [0.29, 0.717) is 44.1 Å². The van der Waals surface area contributed by atoms with Gasteiger partial charge in [0.2, 0.25) is 15.9 Å². The third-order valence-corrected chi connectivity index (χ3v) is 9.61. The zero-order chi connectivity index (χ0) is 23.4. The summed E-state index contributed by atoms with van der Waals surface area (Å²) < 4.78 is 27.9. The van der Waals surface area contributed by atoms with E-state index in [9.17, 15) is 18.0 Å². The standard InChI is InChI=1S/C25H37N3O4S/c1-26(22-11-3-2-4-12-22)33(31,32)23-13-7-10-21(19-23)25(30)28-16-14-27(15-17-28)24(29)18-20-8-5-6-9-20/h7,10,13,19-20,22H,2-6,8-9,11-12,14-18H2,1H3. The maximum Gasteiger partial charge on any atom is 0.254 e. The highest BCUT2D eigenvalue weighted by Gasteiger charge is 2.31. The summed E-state index contributed by atoms with van der Waals surface area (Å²) in [5, 5.41) is 0. The van der Waals surface area contributed by atoms with Gasteiger partial charge in [0.15, 0.2) is 0 Å². The molecule has 1 saturated heterocycles. The third kappa shape index (κ3) is 5.60. The molecule has 4 rings (SSSR count). The molecular weight excluding hydrogens is 438 g/mol. The van der Waals surface area contributed by atoms with Crippen LogP contribution in [-0.4, -0.2) is 73.6 Å². The van der Waals surface area contributed by atoms with Crippen molar-refractivity contribution >= 4 is 21.8 Å². The van der Waals surface area contributed by atoms with Crippen LogP contribution < -0.4 is 0 Å². The molecule has 2 amide bonds. The predicted molar refractivity (Wildman–Crippen MR) is 127 cm³/mol. The van der Waals surface area contributed by atoms with Crippen LogP contribution in [-0.2, 0) is 14.8 Å².